The average Bonchev–Trinajstić information content (AvgIpc) is 3.32. The summed E-state index contributed by atoms with van der Waals surface area (Å²) in [5.74, 6) is 0.569. The van der Waals surface area contributed by atoms with Gasteiger partial charge in [-0.1, -0.05) is 18.2 Å². The maximum absolute atomic E-state index is 4.54. The second-order valence-electron chi connectivity index (χ2n) is 6.28. The first-order valence-corrected chi connectivity index (χ1v) is 8.15. The molecule has 3 aromatic heterocycles. The largest absolute Gasteiger partial charge is 0.361 e. The van der Waals surface area contributed by atoms with Crippen LogP contribution in [0.3, 0.4) is 0 Å². The first-order valence-electron chi connectivity index (χ1n) is 8.15. The van der Waals surface area contributed by atoms with E-state index in [-0.39, 0.29) is 0 Å². The second-order valence-corrected chi connectivity index (χ2v) is 6.28. The predicted octanol–water partition coefficient (Wildman–Crippen LogP) is 3.79. The summed E-state index contributed by atoms with van der Waals surface area (Å²) in [6.07, 6.45) is 5.19. The standard InChI is InChI=1S/C19H18N4/c1-2-4-17-14(3-1)16(11-22-17)13-6-8-21-19-15(13)9-18(23-19)12-5-7-20-10-12/h1-4,6,8-9,11-12,20,22H,5,7,10H2,(H,21,23). The number of aromatic nitrogens is 3. The molecule has 1 aliphatic rings. The topological polar surface area (TPSA) is 56.5 Å². The molecule has 1 atom stereocenters. The van der Waals surface area contributed by atoms with Gasteiger partial charge in [-0.05, 0) is 36.7 Å². The SMILES string of the molecule is c1ccc2c(-c3ccnc4[nH]c(C5CCNC5)cc34)c[nH]c2c1. The van der Waals surface area contributed by atoms with Crippen molar-refractivity contribution in [1.29, 1.82) is 0 Å². The molecule has 1 unspecified atom stereocenters. The van der Waals surface area contributed by atoms with Crippen LogP contribution >= 0.6 is 0 Å². The van der Waals surface area contributed by atoms with Crippen molar-refractivity contribution in [2.45, 2.75) is 12.3 Å². The molecule has 4 heteroatoms. The number of fused-ring (bicyclic) bond motifs is 2. The fourth-order valence-corrected chi connectivity index (χ4v) is 3.72. The van der Waals surface area contributed by atoms with Gasteiger partial charge in [0.2, 0.25) is 0 Å². The average molecular weight is 302 g/mol. The predicted molar refractivity (Wildman–Crippen MR) is 93.6 cm³/mol. The van der Waals surface area contributed by atoms with Gasteiger partial charge >= 0.3 is 0 Å². The highest BCUT2D eigenvalue weighted by Gasteiger charge is 2.20. The highest BCUT2D eigenvalue weighted by Crippen LogP contribution is 2.35. The van der Waals surface area contributed by atoms with E-state index in [9.17, 15) is 0 Å². The molecule has 0 aliphatic carbocycles. The highest BCUT2D eigenvalue weighted by atomic mass is 14.9. The minimum Gasteiger partial charge on any atom is -0.361 e. The minimum atomic E-state index is 0.569. The van der Waals surface area contributed by atoms with Crippen LogP contribution in [0.2, 0.25) is 0 Å². The lowest BCUT2D eigenvalue weighted by molar-refractivity contribution is 0.743. The number of nitrogens with zero attached hydrogens (tertiary/aromatic N) is 1. The molecule has 0 saturated carbocycles. The van der Waals surface area contributed by atoms with Crippen LogP contribution in [0.5, 0.6) is 0 Å². The van der Waals surface area contributed by atoms with E-state index in [1.807, 2.05) is 6.20 Å². The Kier molecular flexibility index (Phi) is 2.78. The van der Waals surface area contributed by atoms with Gasteiger partial charge in [0.1, 0.15) is 5.65 Å². The molecule has 1 fully saturated rings. The van der Waals surface area contributed by atoms with Crippen LogP contribution in [0.1, 0.15) is 18.0 Å². The molecular weight excluding hydrogens is 284 g/mol. The van der Waals surface area contributed by atoms with Crippen molar-refractivity contribution < 1.29 is 0 Å². The molecule has 5 rings (SSSR count). The van der Waals surface area contributed by atoms with Crippen LogP contribution in [0.25, 0.3) is 33.1 Å². The van der Waals surface area contributed by atoms with Crippen molar-refractivity contribution in [2.75, 3.05) is 13.1 Å². The van der Waals surface area contributed by atoms with Crippen molar-refractivity contribution in [2.24, 2.45) is 0 Å². The van der Waals surface area contributed by atoms with E-state index in [1.165, 1.54) is 39.5 Å². The first kappa shape index (κ1) is 12.9. The van der Waals surface area contributed by atoms with Crippen molar-refractivity contribution in [3.8, 4) is 11.1 Å². The third-order valence-corrected chi connectivity index (χ3v) is 4.93. The molecular formula is C19H18N4. The lowest BCUT2D eigenvalue weighted by Gasteiger charge is -2.03. The zero-order valence-corrected chi connectivity index (χ0v) is 12.8. The molecule has 1 saturated heterocycles. The summed E-state index contributed by atoms with van der Waals surface area (Å²) in [4.78, 5) is 11.4. The number of aromatic amines is 2. The van der Waals surface area contributed by atoms with Gasteiger partial charge in [-0.25, -0.2) is 4.98 Å². The Labute approximate surface area is 133 Å². The van der Waals surface area contributed by atoms with Crippen molar-refractivity contribution in [1.82, 2.24) is 20.3 Å². The minimum absolute atomic E-state index is 0.569. The highest BCUT2D eigenvalue weighted by molar-refractivity contribution is 6.03. The summed E-state index contributed by atoms with van der Waals surface area (Å²) in [6.45, 7) is 2.15. The van der Waals surface area contributed by atoms with Crippen LogP contribution in [0, 0.1) is 0 Å². The fraction of sp³-hybridized carbons (Fsp3) is 0.211. The second kappa shape index (κ2) is 4.96. The van der Waals surface area contributed by atoms with Crippen LogP contribution in [0.4, 0.5) is 0 Å². The van der Waals surface area contributed by atoms with E-state index in [4.69, 9.17) is 0 Å². The zero-order valence-electron chi connectivity index (χ0n) is 12.8. The summed E-state index contributed by atoms with van der Waals surface area (Å²) >= 11 is 0. The molecule has 23 heavy (non-hydrogen) atoms. The number of pyridine rings is 1. The molecule has 114 valence electrons. The van der Waals surface area contributed by atoms with E-state index in [2.05, 4.69) is 62.9 Å². The van der Waals surface area contributed by atoms with E-state index in [1.54, 1.807) is 0 Å². The number of para-hydroxylation sites is 1. The molecule has 0 radical (unpaired) electrons. The Hall–Kier alpha value is -2.59. The summed E-state index contributed by atoms with van der Waals surface area (Å²) in [6, 6.07) is 12.8. The molecule has 4 heterocycles. The van der Waals surface area contributed by atoms with Gasteiger partial charge < -0.3 is 15.3 Å². The van der Waals surface area contributed by atoms with Gasteiger partial charge in [-0.2, -0.15) is 0 Å². The maximum atomic E-state index is 4.54. The number of H-pyrrole nitrogens is 2. The van der Waals surface area contributed by atoms with E-state index < -0.39 is 0 Å². The Balaban J connectivity index is 1.72. The number of hydrogen-bond donors (Lipinski definition) is 3. The van der Waals surface area contributed by atoms with Crippen molar-refractivity contribution >= 4 is 21.9 Å². The zero-order chi connectivity index (χ0) is 15.2. The third kappa shape index (κ3) is 1.99. The monoisotopic (exact) mass is 302 g/mol. The van der Waals surface area contributed by atoms with E-state index in [0.717, 1.165) is 18.7 Å². The summed E-state index contributed by atoms with van der Waals surface area (Å²) in [5, 5.41) is 5.90. The quantitative estimate of drug-likeness (QED) is 0.527. The lowest BCUT2D eigenvalue weighted by Crippen LogP contribution is -2.07. The van der Waals surface area contributed by atoms with Gasteiger partial charge in [0, 0.05) is 52.4 Å². The molecule has 0 bridgehead atoms. The molecule has 3 N–H and O–H groups in total. The Morgan fingerprint density at radius 2 is 2.00 bits per heavy atom. The smallest absolute Gasteiger partial charge is 0.138 e. The van der Waals surface area contributed by atoms with Gasteiger partial charge in [-0.15, -0.1) is 0 Å². The fourth-order valence-electron chi connectivity index (χ4n) is 3.72. The molecule has 1 aromatic carbocycles. The lowest BCUT2D eigenvalue weighted by atomic mass is 10.0. The van der Waals surface area contributed by atoms with Crippen molar-refractivity contribution in [3.05, 3.63) is 54.5 Å². The number of nitrogens with one attached hydrogen (secondary N) is 3. The molecule has 4 nitrogen and oxygen atoms in total. The van der Waals surface area contributed by atoms with Gasteiger partial charge in [0.05, 0.1) is 0 Å². The summed E-state index contributed by atoms with van der Waals surface area (Å²) in [5.41, 5.74) is 5.92. The first-order chi connectivity index (χ1) is 11.4. The summed E-state index contributed by atoms with van der Waals surface area (Å²) < 4.78 is 0. The third-order valence-electron chi connectivity index (χ3n) is 4.93. The van der Waals surface area contributed by atoms with Crippen molar-refractivity contribution in [3.63, 3.8) is 0 Å². The molecule has 1 aliphatic heterocycles. The Morgan fingerprint density at radius 3 is 2.91 bits per heavy atom. The number of rotatable bonds is 2. The van der Waals surface area contributed by atoms with Gasteiger partial charge in [0.15, 0.2) is 0 Å². The normalized spacial score (nSPS) is 18.2. The van der Waals surface area contributed by atoms with Gasteiger partial charge in [-0.3, -0.25) is 0 Å². The van der Waals surface area contributed by atoms with E-state index in [0.29, 0.717) is 5.92 Å². The van der Waals surface area contributed by atoms with E-state index >= 15 is 0 Å². The maximum Gasteiger partial charge on any atom is 0.138 e. The van der Waals surface area contributed by atoms with Crippen LogP contribution < -0.4 is 5.32 Å². The van der Waals surface area contributed by atoms with Crippen LogP contribution in [-0.4, -0.2) is 28.0 Å². The summed E-state index contributed by atoms with van der Waals surface area (Å²) in [7, 11) is 0. The number of benzene rings is 1. The van der Waals surface area contributed by atoms with Crippen LogP contribution in [0.15, 0.2) is 48.8 Å². The van der Waals surface area contributed by atoms with Gasteiger partial charge in [0.25, 0.3) is 0 Å². The number of hydrogen-bond acceptors (Lipinski definition) is 2. The molecule has 0 spiro atoms. The Bertz CT molecular complexity index is 989. The molecule has 4 aromatic rings. The molecule has 0 amide bonds. The van der Waals surface area contributed by atoms with Crippen LogP contribution in [-0.2, 0) is 0 Å². The Morgan fingerprint density at radius 1 is 1.04 bits per heavy atom.